The van der Waals surface area contributed by atoms with Crippen LogP contribution in [0.25, 0.3) is 16.9 Å². The predicted octanol–water partition coefficient (Wildman–Crippen LogP) is 5.66. The number of carbonyl (C=O) groups excluding carboxylic acids is 3. The van der Waals surface area contributed by atoms with Crippen LogP contribution < -0.4 is 10.6 Å². The fraction of sp³-hybridized carbons (Fsp3) is 0.467. The summed E-state index contributed by atoms with van der Waals surface area (Å²) in [6.45, 7) is 11.9. The molecular formula is C30H40N4O5. The fourth-order valence-electron chi connectivity index (χ4n) is 3.84. The lowest BCUT2D eigenvalue weighted by Gasteiger charge is -2.19. The van der Waals surface area contributed by atoms with E-state index in [1.807, 2.05) is 82.6 Å². The zero-order chi connectivity index (χ0) is 28.6. The zero-order valence-corrected chi connectivity index (χ0v) is 23.8. The van der Waals surface area contributed by atoms with Crippen molar-refractivity contribution in [3.05, 3.63) is 59.9 Å². The molecule has 0 radical (unpaired) electrons. The SMILES string of the molecule is CC(C)(C)OC(=O)NCCCCCC(=O)NCc1cccn2cc(-c3ccc(C(=O)OC(C)(C)C)cc3)nc12. The van der Waals surface area contributed by atoms with Crippen LogP contribution in [0.5, 0.6) is 0 Å². The number of carbonyl (C=O) groups is 3. The molecule has 3 aromatic rings. The van der Waals surface area contributed by atoms with Gasteiger partial charge in [-0.05, 0) is 72.6 Å². The Balaban J connectivity index is 1.49. The Morgan fingerprint density at radius 1 is 0.872 bits per heavy atom. The molecule has 0 aliphatic heterocycles. The van der Waals surface area contributed by atoms with Gasteiger partial charge >= 0.3 is 12.1 Å². The molecule has 0 bridgehead atoms. The first-order chi connectivity index (χ1) is 18.3. The number of imidazole rings is 1. The second-order valence-corrected chi connectivity index (χ2v) is 11.5. The number of alkyl carbamates (subject to hydrolysis) is 1. The van der Waals surface area contributed by atoms with Gasteiger partial charge in [-0.3, -0.25) is 4.79 Å². The third kappa shape index (κ3) is 9.74. The lowest BCUT2D eigenvalue weighted by atomic mass is 10.1. The molecule has 1 aromatic carbocycles. The van der Waals surface area contributed by atoms with Gasteiger partial charge in [0.05, 0.1) is 11.3 Å². The van der Waals surface area contributed by atoms with E-state index in [1.165, 1.54) is 0 Å². The van der Waals surface area contributed by atoms with Crippen molar-refractivity contribution >= 4 is 23.6 Å². The maximum Gasteiger partial charge on any atom is 0.407 e. The average molecular weight is 537 g/mol. The number of rotatable bonds is 10. The summed E-state index contributed by atoms with van der Waals surface area (Å²) in [6, 6.07) is 11.0. The van der Waals surface area contributed by atoms with Crippen LogP contribution in [0.1, 0.15) is 83.1 Å². The highest BCUT2D eigenvalue weighted by Gasteiger charge is 2.18. The second kappa shape index (κ2) is 12.8. The topological polar surface area (TPSA) is 111 Å². The first-order valence-corrected chi connectivity index (χ1v) is 13.3. The number of pyridine rings is 1. The van der Waals surface area contributed by atoms with Gasteiger partial charge in [-0.2, -0.15) is 0 Å². The van der Waals surface area contributed by atoms with Crippen LogP contribution in [0.3, 0.4) is 0 Å². The second-order valence-electron chi connectivity index (χ2n) is 11.5. The quantitative estimate of drug-likeness (QED) is 0.256. The van der Waals surface area contributed by atoms with Crippen molar-refractivity contribution in [2.75, 3.05) is 6.54 Å². The molecule has 9 nitrogen and oxygen atoms in total. The third-order valence-electron chi connectivity index (χ3n) is 5.60. The number of nitrogens with one attached hydrogen (secondary N) is 2. The van der Waals surface area contributed by atoms with Crippen LogP contribution in [0.15, 0.2) is 48.8 Å². The van der Waals surface area contributed by atoms with Crippen molar-refractivity contribution < 1.29 is 23.9 Å². The minimum atomic E-state index is -0.552. The van der Waals surface area contributed by atoms with Crippen molar-refractivity contribution in [3.8, 4) is 11.3 Å². The van der Waals surface area contributed by atoms with Crippen molar-refractivity contribution in [2.24, 2.45) is 0 Å². The minimum absolute atomic E-state index is 0.0263. The molecule has 9 heteroatoms. The summed E-state index contributed by atoms with van der Waals surface area (Å²) in [6.07, 6.45) is 6.18. The molecule has 0 aliphatic rings. The van der Waals surface area contributed by atoms with E-state index in [2.05, 4.69) is 10.6 Å². The first kappa shape index (κ1) is 29.7. The Morgan fingerprint density at radius 2 is 1.56 bits per heavy atom. The Bertz CT molecular complexity index is 1280. The minimum Gasteiger partial charge on any atom is -0.456 e. The van der Waals surface area contributed by atoms with E-state index in [1.54, 1.807) is 12.1 Å². The van der Waals surface area contributed by atoms with Gasteiger partial charge in [-0.1, -0.05) is 24.6 Å². The van der Waals surface area contributed by atoms with Crippen molar-refractivity contribution in [3.63, 3.8) is 0 Å². The van der Waals surface area contributed by atoms with Crippen molar-refractivity contribution in [1.29, 1.82) is 0 Å². The molecule has 2 heterocycles. The lowest BCUT2D eigenvalue weighted by Crippen LogP contribution is -2.33. The number of aromatic nitrogens is 2. The van der Waals surface area contributed by atoms with Crippen molar-refractivity contribution in [1.82, 2.24) is 20.0 Å². The van der Waals surface area contributed by atoms with Crippen LogP contribution in [0, 0.1) is 0 Å². The summed E-state index contributed by atoms with van der Waals surface area (Å²) in [5.74, 6) is -0.388. The highest BCUT2D eigenvalue weighted by molar-refractivity contribution is 5.90. The molecule has 2 amide bonds. The highest BCUT2D eigenvalue weighted by atomic mass is 16.6. The number of hydrogen-bond acceptors (Lipinski definition) is 6. The van der Waals surface area contributed by atoms with Gasteiger partial charge in [-0.25, -0.2) is 14.6 Å². The van der Waals surface area contributed by atoms with Gasteiger partial charge in [0, 0.05) is 43.0 Å². The summed E-state index contributed by atoms with van der Waals surface area (Å²) < 4.78 is 12.6. The summed E-state index contributed by atoms with van der Waals surface area (Å²) in [5, 5.41) is 5.71. The van der Waals surface area contributed by atoms with Gasteiger partial charge in [0.15, 0.2) is 0 Å². The summed E-state index contributed by atoms with van der Waals surface area (Å²) in [5.41, 5.74) is 2.73. The first-order valence-electron chi connectivity index (χ1n) is 13.3. The lowest BCUT2D eigenvalue weighted by molar-refractivity contribution is -0.121. The van der Waals surface area contributed by atoms with Crippen LogP contribution in [0.2, 0.25) is 0 Å². The molecule has 0 spiro atoms. The Morgan fingerprint density at radius 3 is 2.23 bits per heavy atom. The van der Waals surface area contributed by atoms with Crippen LogP contribution in [-0.4, -0.2) is 45.1 Å². The Hall–Kier alpha value is -3.88. The third-order valence-corrected chi connectivity index (χ3v) is 5.60. The molecule has 0 aliphatic carbocycles. The highest BCUT2D eigenvalue weighted by Crippen LogP contribution is 2.22. The summed E-state index contributed by atoms with van der Waals surface area (Å²) in [7, 11) is 0. The maximum atomic E-state index is 12.4. The number of unbranched alkanes of at least 4 members (excludes halogenated alkanes) is 2. The molecule has 0 saturated heterocycles. The average Bonchev–Trinajstić information content (AvgIpc) is 3.28. The standard InChI is InChI=1S/C30H40N4O5/c1-29(2,3)38-27(36)22-15-13-21(14-16-22)24-20-34-18-10-11-23(26(34)33-24)19-32-25(35)12-8-7-9-17-31-28(37)39-30(4,5)6/h10-11,13-16,18,20H,7-9,12,17,19H2,1-6H3,(H,31,37)(H,32,35). The number of fused-ring (bicyclic) bond motifs is 1. The van der Waals surface area contributed by atoms with E-state index in [-0.39, 0.29) is 11.9 Å². The summed E-state index contributed by atoms with van der Waals surface area (Å²) >= 11 is 0. The normalized spacial score (nSPS) is 11.7. The molecule has 3 rings (SSSR count). The van der Waals surface area contributed by atoms with Gasteiger partial charge in [0.2, 0.25) is 5.91 Å². The molecule has 0 saturated carbocycles. The van der Waals surface area contributed by atoms with Crippen LogP contribution in [0.4, 0.5) is 4.79 Å². The van der Waals surface area contributed by atoms with E-state index < -0.39 is 17.3 Å². The number of amides is 2. The van der Waals surface area contributed by atoms with E-state index in [0.717, 1.165) is 41.7 Å². The van der Waals surface area contributed by atoms with E-state index in [9.17, 15) is 14.4 Å². The number of esters is 1. The fourth-order valence-corrected chi connectivity index (χ4v) is 3.84. The van der Waals surface area contributed by atoms with Gasteiger partial charge in [-0.15, -0.1) is 0 Å². The van der Waals surface area contributed by atoms with E-state index in [4.69, 9.17) is 14.5 Å². The van der Waals surface area contributed by atoms with Gasteiger partial charge in [0.1, 0.15) is 16.8 Å². The largest absolute Gasteiger partial charge is 0.456 e. The number of benzene rings is 1. The molecule has 210 valence electrons. The molecule has 0 unspecified atom stereocenters. The Kier molecular flexibility index (Phi) is 9.72. The predicted molar refractivity (Wildman–Crippen MR) is 150 cm³/mol. The van der Waals surface area contributed by atoms with Crippen molar-refractivity contribution in [2.45, 2.75) is 85.0 Å². The van der Waals surface area contributed by atoms with E-state index >= 15 is 0 Å². The molecule has 0 atom stereocenters. The smallest absolute Gasteiger partial charge is 0.407 e. The van der Waals surface area contributed by atoms with Crippen LogP contribution in [-0.2, 0) is 20.8 Å². The van der Waals surface area contributed by atoms with Crippen LogP contribution >= 0.6 is 0 Å². The molecule has 2 aromatic heterocycles. The van der Waals surface area contributed by atoms with Gasteiger partial charge in [0.25, 0.3) is 0 Å². The number of ether oxygens (including phenoxy) is 2. The maximum absolute atomic E-state index is 12.4. The molecular weight excluding hydrogens is 496 g/mol. The monoisotopic (exact) mass is 536 g/mol. The Labute approximate surface area is 230 Å². The molecule has 2 N–H and O–H groups in total. The summed E-state index contributed by atoms with van der Waals surface area (Å²) in [4.78, 5) is 41.1. The number of hydrogen-bond donors (Lipinski definition) is 2. The van der Waals surface area contributed by atoms with Gasteiger partial charge < -0.3 is 24.5 Å². The number of nitrogens with zero attached hydrogens (tertiary/aromatic N) is 2. The molecule has 0 fully saturated rings. The van der Waals surface area contributed by atoms with E-state index in [0.29, 0.717) is 25.1 Å². The zero-order valence-electron chi connectivity index (χ0n) is 23.8. The molecule has 39 heavy (non-hydrogen) atoms.